The summed E-state index contributed by atoms with van der Waals surface area (Å²) in [6.07, 6.45) is 2.57. The first kappa shape index (κ1) is 8.54. The van der Waals surface area contributed by atoms with Gasteiger partial charge < -0.3 is 5.32 Å². The van der Waals surface area contributed by atoms with Crippen LogP contribution in [0.1, 0.15) is 12.8 Å². The average molecular weight is 156 g/mol. The molecule has 1 saturated heterocycles. The summed E-state index contributed by atoms with van der Waals surface area (Å²) in [5, 5.41) is 3.27. The standard InChI is InChI=1S/C5H10ClN.ClH/c6-4-5-2-1-3-7-5;/h5,7H,1-4H2;1H/t5-;/m0./s1. The Balaban J connectivity index is 0.000000490. The molecular formula is C5H11Cl2N. The minimum Gasteiger partial charge on any atom is -0.313 e. The Hall–Kier alpha value is 0.540. The van der Waals surface area contributed by atoms with Gasteiger partial charge in [0, 0.05) is 11.9 Å². The van der Waals surface area contributed by atoms with Crippen molar-refractivity contribution in [3.63, 3.8) is 0 Å². The molecule has 1 rings (SSSR count). The molecule has 8 heavy (non-hydrogen) atoms. The molecular weight excluding hydrogens is 145 g/mol. The second-order valence-electron chi connectivity index (χ2n) is 1.95. The third-order valence-corrected chi connectivity index (χ3v) is 1.72. The number of rotatable bonds is 1. The summed E-state index contributed by atoms with van der Waals surface area (Å²) in [6, 6.07) is 0.613. The molecule has 0 spiro atoms. The lowest BCUT2D eigenvalue weighted by Crippen LogP contribution is -2.22. The van der Waals surface area contributed by atoms with Gasteiger partial charge in [0.05, 0.1) is 0 Å². The summed E-state index contributed by atoms with van der Waals surface area (Å²) in [4.78, 5) is 0. The molecule has 0 unspecified atom stereocenters. The van der Waals surface area contributed by atoms with Gasteiger partial charge in [-0.15, -0.1) is 24.0 Å². The van der Waals surface area contributed by atoms with Crippen molar-refractivity contribution in [3.8, 4) is 0 Å². The van der Waals surface area contributed by atoms with Crippen molar-refractivity contribution in [2.75, 3.05) is 12.4 Å². The van der Waals surface area contributed by atoms with Gasteiger partial charge in [0.2, 0.25) is 0 Å². The maximum absolute atomic E-state index is 5.55. The molecule has 0 aromatic rings. The normalized spacial score (nSPS) is 27.4. The van der Waals surface area contributed by atoms with Crippen LogP contribution in [0.15, 0.2) is 0 Å². The second-order valence-corrected chi connectivity index (χ2v) is 2.26. The zero-order valence-corrected chi connectivity index (χ0v) is 6.26. The Bertz CT molecular complexity index is 52.4. The largest absolute Gasteiger partial charge is 0.313 e. The van der Waals surface area contributed by atoms with Crippen molar-refractivity contribution in [1.29, 1.82) is 0 Å². The van der Waals surface area contributed by atoms with Gasteiger partial charge in [0.15, 0.2) is 0 Å². The van der Waals surface area contributed by atoms with Gasteiger partial charge in [0.25, 0.3) is 0 Å². The molecule has 0 aromatic carbocycles. The smallest absolute Gasteiger partial charge is 0.0377 e. The van der Waals surface area contributed by atoms with Crippen LogP contribution >= 0.6 is 24.0 Å². The van der Waals surface area contributed by atoms with Crippen molar-refractivity contribution in [2.45, 2.75) is 18.9 Å². The molecule has 1 N–H and O–H groups in total. The highest BCUT2D eigenvalue weighted by Crippen LogP contribution is 2.04. The van der Waals surface area contributed by atoms with Crippen LogP contribution in [0.3, 0.4) is 0 Å². The highest BCUT2D eigenvalue weighted by atomic mass is 35.5. The summed E-state index contributed by atoms with van der Waals surface area (Å²) >= 11 is 5.55. The van der Waals surface area contributed by atoms with E-state index in [0.717, 1.165) is 12.4 Å². The van der Waals surface area contributed by atoms with E-state index in [1.54, 1.807) is 0 Å². The molecule has 0 aliphatic carbocycles. The maximum Gasteiger partial charge on any atom is 0.0377 e. The van der Waals surface area contributed by atoms with Crippen molar-refractivity contribution in [3.05, 3.63) is 0 Å². The lowest BCUT2D eigenvalue weighted by atomic mass is 10.3. The monoisotopic (exact) mass is 155 g/mol. The fourth-order valence-corrected chi connectivity index (χ4v) is 1.15. The molecule has 0 amide bonds. The van der Waals surface area contributed by atoms with Gasteiger partial charge >= 0.3 is 0 Å². The van der Waals surface area contributed by atoms with E-state index in [9.17, 15) is 0 Å². The summed E-state index contributed by atoms with van der Waals surface area (Å²) in [5.74, 6) is 0.778. The van der Waals surface area contributed by atoms with Crippen LogP contribution in [0.5, 0.6) is 0 Å². The quantitative estimate of drug-likeness (QED) is 0.566. The van der Waals surface area contributed by atoms with Crippen LogP contribution in [-0.4, -0.2) is 18.5 Å². The first-order valence-corrected chi connectivity index (χ1v) is 3.26. The number of hydrogen-bond acceptors (Lipinski definition) is 1. The molecule has 3 heteroatoms. The van der Waals surface area contributed by atoms with Crippen molar-refractivity contribution in [2.24, 2.45) is 0 Å². The fourth-order valence-electron chi connectivity index (χ4n) is 0.888. The molecule has 0 aromatic heterocycles. The Morgan fingerprint density at radius 1 is 1.62 bits per heavy atom. The third-order valence-electron chi connectivity index (χ3n) is 1.35. The molecule has 1 aliphatic rings. The van der Waals surface area contributed by atoms with E-state index < -0.39 is 0 Å². The Morgan fingerprint density at radius 2 is 2.38 bits per heavy atom. The Labute approximate surface area is 61.2 Å². The molecule has 1 heterocycles. The maximum atomic E-state index is 5.55. The van der Waals surface area contributed by atoms with Gasteiger partial charge in [-0.1, -0.05) is 0 Å². The fraction of sp³-hybridized carbons (Fsp3) is 1.00. The number of alkyl halides is 1. The van der Waals surface area contributed by atoms with E-state index in [-0.39, 0.29) is 12.4 Å². The second kappa shape index (κ2) is 4.42. The summed E-state index contributed by atoms with van der Waals surface area (Å²) in [5.41, 5.74) is 0. The molecule has 1 nitrogen and oxygen atoms in total. The van der Waals surface area contributed by atoms with Crippen molar-refractivity contribution in [1.82, 2.24) is 5.32 Å². The summed E-state index contributed by atoms with van der Waals surface area (Å²) in [6.45, 7) is 1.16. The number of hydrogen-bond donors (Lipinski definition) is 1. The molecule has 50 valence electrons. The SMILES string of the molecule is Cl.ClC[C@@H]1CCCN1. The Kier molecular flexibility index (Phi) is 4.72. The summed E-state index contributed by atoms with van der Waals surface area (Å²) in [7, 11) is 0. The zero-order chi connectivity index (χ0) is 5.11. The van der Waals surface area contributed by atoms with Crippen molar-refractivity contribution < 1.29 is 0 Å². The van der Waals surface area contributed by atoms with E-state index in [1.165, 1.54) is 12.8 Å². The summed E-state index contributed by atoms with van der Waals surface area (Å²) < 4.78 is 0. The molecule has 1 aliphatic heterocycles. The van der Waals surface area contributed by atoms with E-state index >= 15 is 0 Å². The van der Waals surface area contributed by atoms with Gasteiger partial charge in [-0.2, -0.15) is 0 Å². The predicted molar refractivity (Wildman–Crippen MR) is 39.0 cm³/mol. The molecule has 0 bridgehead atoms. The van der Waals surface area contributed by atoms with Crippen molar-refractivity contribution >= 4 is 24.0 Å². The van der Waals surface area contributed by atoms with E-state index in [0.29, 0.717) is 6.04 Å². The lowest BCUT2D eigenvalue weighted by Gasteiger charge is -2.00. The number of halogens is 2. The molecule has 1 atom stereocenters. The Morgan fingerprint density at radius 3 is 2.62 bits per heavy atom. The highest BCUT2D eigenvalue weighted by molar-refractivity contribution is 6.18. The van der Waals surface area contributed by atoms with Crippen LogP contribution in [0.25, 0.3) is 0 Å². The average Bonchev–Trinajstić information content (AvgIpc) is 2.14. The van der Waals surface area contributed by atoms with E-state index in [4.69, 9.17) is 11.6 Å². The van der Waals surface area contributed by atoms with Gasteiger partial charge in [-0.25, -0.2) is 0 Å². The minimum atomic E-state index is 0. The minimum absolute atomic E-state index is 0. The van der Waals surface area contributed by atoms with Crippen LogP contribution < -0.4 is 5.32 Å². The highest BCUT2D eigenvalue weighted by Gasteiger charge is 2.10. The van der Waals surface area contributed by atoms with Gasteiger partial charge in [-0.05, 0) is 19.4 Å². The zero-order valence-electron chi connectivity index (χ0n) is 4.69. The van der Waals surface area contributed by atoms with E-state index in [1.807, 2.05) is 0 Å². The van der Waals surface area contributed by atoms with Gasteiger partial charge in [0.1, 0.15) is 0 Å². The third kappa shape index (κ3) is 2.21. The molecule has 1 fully saturated rings. The number of nitrogens with one attached hydrogen (secondary N) is 1. The lowest BCUT2D eigenvalue weighted by molar-refractivity contribution is 0.670. The first-order valence-electron chi connectivity index (χ1n) is 2.73. The predicted octanol–water partition coefficient (Wildman–Crippen LogP) is 1.40. The van der Waals surface area contributed by atoms with Crippen LogP contribution in [-0.2, 0) is 0 Å². The molecule has 0 saturated carbocycles. The van der Waals surface area contributed by atoms with Crippen LogP contribution in [0, 0.1) is 0 Å². The topological polar surface area (TPSA) is 12.0 Å². The van der Waals surface area contributed by atoms with Gasteiger partial charge in [-0.3, -0.25) is 0 Å². The van der Waals surface area contributed by atoms with E-state index in [2.05, 4.69) is 5.32 Å². The van der Waals surface area contributed by atoms with Crippen LogP contribution in [0.2, 0.25) is 0 Å². The molecule has 0 radical (unpaired) electrons. The first-order chi connectivity index (χ1) is 3.43. The van der Waals surface area contributed by atoms with Crippen LogP contribution in [0.4, 0.5) is 0 Å².